The smallest absolute Gasteiger partial charge is 0.308 e. The predicted octanol–water partition coefficient (Wildman–Crippen LogP) is 1.22. The summed E-state index contributed by atoms with van der Waals surface area (Å²) < 4.78 is 11.0. The molecule has 0 fully saturated rings. The first-order valence-corrected chi connectivity index (χ1v) is 6.34. The summed E-state index contributed by atoms with van der Waals surface area (Å²) in [4.78, 5) is 11.1. The van der Waals surface area contributed by atoms with Gasteiger partial charge < -0.3 is 20.3 Å². The Morgan fingerprint density at radius 3 is 2.95 bits per heavy atom. The minimum Gasteiger partial charge on any atom is -0.496 e. The lowest BCUT2D eigenvalue weighted by Crippen LogP contribution is -2.25. The van der Waals surface area contributed by atoms with Crippen LogP contribution in [-0.4, -0.2) is 30.8 Å². The number of carboxylic acids is 1. The Hall–Kier alpha value is -1.75. The highest BCUT2D eigenvalue weighted by Gasteiger charge is 2.24. The lowest BCUT2D eigenvalue weighted by Gasteiger charge is -2.14. The van der Waals surface area contributed by atoms with Gasteiger partial charge in [0.1, 0.15) is 17.6 Å². The number of fused-ring (bicyclic) bond motifs is 1. The maximum absolute atomic E-state index is 11.1. The van der Waals surface area contributed by atoms with E-state index < -0.39 is 11.9 Å². The molecule has 104 valence electrons. The Labute approximate surface area is 112 Å². The number of methoxy groups -OCH3 is 1. The van der Waals surface area contributed by atoms with Gasteiger partial charge in [-0.15, -0.1) is 0 Å². The third kappa shape index (κ3) is 2.81. The summed E-state index contributed by atoms with van der Waals surface area (Å²) in [6, 6.07) is 3.81. The Morgan fingerprint density at radius 1 is 1.63 bits per heavy atom. The number of ether oxygens (including phenoxy) is 2. The van der Waals surface area contributed by atoms with E-state index in [1.54, 1.807) is 7.11 Å². The molecule has 2 atom stereocenters. The largest absolute Gasteiger partial charge is 0.496 e. The average molecular weight is 265 g/mol. The highest BCUT2D eigenvalue weighted by atomic mass is 16.5. The molecule has 3 N–H and O–H groups in total. The number of benzene rings is 1. The van der Waals surface area contributed by atoms with Gasteiger partial charge in [0.15, 0.2) is 0 Å². The van der Waals surface area contributed by atoms with Gasteiger partial charge in [0.2, 0.25) is 0 Å². The predicted molar refractivity (Wildman–Crippen MR) is 70.7 cm³/mol. The van der Waals surface area contributed by atoms with Crippen molar-refractivity contribution in [1.29, 1.82) is 0 Å². The molecule has 1 aliphatic rings. The van der Waals surface area contributed by atoms with Gasteiger partial charge >= 0.3 is 5.97 Å². The molecule has 5 nitrogen and oxygen atoms in total. The fourth-order valence-electron chi connectivity index (χ4n) is 2.37. The topological polar surface area (TPSA) is 81.8 Å². The Bertz CT molecular complexity index is 487. The van der Waals surface area contributed by atoms with Gasteiger partial charge in [-0.2, -0.15) is 0 Å². The van der Waals surface area contributed by atoms with Crippen molar-refractivity contribution in [2.24, 2.45) is 11.7 Å². The maximum Gasteiger partial charge on any atom is 0.308 e. The summed E-state index contributed by atoms with van der Waals surface area (Å²) in [5.74, 6) is 0.0331. The molecular formula is C14H19NO4. The number of nitrogens with two attached hydrogens (primary N) is 1. The molecule has 0 amide bonds. The van der Waals surface area contributed by atoms with Crippen molar-refractivity contribution in [3.63, 3.8) is 0 Å². The fraction of sp³-hybridized carbons (Fsp3) is 0.500. The van der Waals surface area contributed by atoms with Crippen molar-refractivity contribution in [3.05, 3.63) is 23.3 Å². The second-order valence-electron chi connectivity index (χ2n) is 4.88. The second kappa shape index (κ2) is 5.48. The van der Waals surface area contributed by atoms with Gasteiger partial charge in [-0.05, 0) is 31.0 Å². The van der Waals surface area contributed by atoms with Crippen molar-refractivity contribution in [2.75, 3.05) is 13.7 Å². The van der Waals surface area contributed by atoms with Crippen LogP contribution in [0.1, 0.15) is 18.1 Å². The van der Waals surface area contributed by atoms with E-state index in [1.165, 1.54) is 0 Å². The zero-order chi connectivity index (χ0) is 14.0. The minimum absolute atomic E-state index is 0.104. The molecular weight excluding hydrogens is 246 g/mol. The number of aliphatic carboxylic acids is 1. The van der Waals surface area contributed by atoms with Crippen LogP contribution in [0.15, 0.2) is 12.1 Å². The molecule has 1 aliphatic heterocycles. The standard InChI is InChI=1S/C14H19NO4/c1-8-3-9-5-12(18-2)10(6-13(9)19-8)4-11(7-15)14(16)17/h5-6,8,11H,3-4,7,15H2,1-2H3,(H,16,17). The molecule has 0 radical (unpaired) electrons. The molecule has 2 unspecified atom stereocenters. The molecule has 0 saturated heterocycles. The van der Waals surface area contributed by atoms with Crippen molar-refractivity contribution in [2.45, 2.75) is 25.9 Å². The zero-order valence-corrected chi connectivity index (χ0v) is 11.2. The summed E-state index contributed by atoms with van der Waals surface area (Å²) in [7, 11) is 1.59. The summed E-state index contributed by atoms with van der Waals surface area (Å²) in [6.07, 6.45) is 1.35. The number of hydrogen-bond acceptors (Lipinski definition) is 4. The normalized spacial score (nSPS) is 18.6. The van der Waals surface area contributed by atoms with E-state index in [4.69, 9.17) is 20.3 Å². The van der Waals surface area contributed by atoms with Crippen molar-refractivity contribution < 1.29 is 19.4 Å². The molecule has 2 rings (SSSR count). The second-order valence-corrected chi connectivity index (χ2v) is 4.88. The van der Waals surface area contributed by atoms with Crippen LogP contribution in [0, 0.1) is 5.92 Å². The van der Waals surface area contributed by atoms with E-state index in [2.05, 4.69) is 0 Å². The number of carbonyl (C=O) groups is 1. The van der Waals surface area contributed by atoms with Crippen LogP contribution in [0.4, 0.5) is 0 Å². The third-order valence-electron chi connectivity index (χ3n) is 3.40. The molecule has 1 aromatic rings. The van der Waals surface area contributed by atoms with Gasteiger partial charge in [-0.3, -0.25) is 4.79 Å². The average Bonchev–Trinajstić information content (AvgIpc) is 2.73. The van der Waals surface area contributed by atoms with Crippen LogP contribution < -0.4 is 15.2 Å². The Balaban J connectivity index is 2.30. The highest BCUT2D eigenvalue weighted by molar-refractivity contribution is 5.71. The SMILES string of the molecule is COc1cc2c(cc1CC(CN)C(=O)O)OC(C)C2. The van der Waals surface area contributed by atoms with Crippen LogP contribution in [0.2, 0.25) is 0 Å². The van der Waals surface area contributed by atoms with Crippen LogP contribution in [0.25, 0.3) is 0 Å². The quantitative estimate of drug-likeness (QED) is 0.836. The van der Waals surface area contributed by atoms with Crippen molar-refractivity contribution >= 4 is 5.97 Å². The molecule has 0 bridgehead atoms. The first-order valence-electron chi connectivity index (χ1n) is 6.34. The van der Waals surface area contributed by atoms with Crippen LogP contribution >= 0.6 is 0 Å². The van der Waals surface area contributed by atoms with Gasteiger partial charge in [0, 0.05) is 18.5 Å². The zero-order valence-electron chi connectivity index (χ0n) is 11.2. The number of carboxylic acid groups (broad SMARTS) is 1. The first kappa shape index (κ1) is 13.7. The molecule has 0 aromatic heterocycles. The van der Waals surface area contributed by atoms with Crippen LogP contribution in [0.5, 0.6) is 11.5 Å². The van der Waals surface area contributed by atoms with Gasteiger partial charge in [-0.25, -0.2) is 0 Å². The first-order chi connectivity index (χ1) is 9.05. The summed E-state index contributed by atoms with van der Waals surface area (Å²) in [5, 5.41) is 9.08. The van der Waals surface area contributed by atoms with E-state index in [0.29, 0.717) is 12.2 Å². The van der Waals surface area contributed by atoms with E-state index in [0.717, 1.165) is 23.3 Å². The van der Waals surface area contributed by atoms with Crippen molar-refractivity contribution in [1.82, 2.24) is 0 Å². The molecule has 5 heteroatoms. The van der Waals surface area contributed by atoms with E-state index in [1.807, 2.05) is 19.1 Å². The lowest BCUT2D eigenvalue weighted by atomic mass is 9.97. The summed E-state index contributed by atoms with van der Waals surface area (Å²) >= 11 is 0. The fourth-order valence-corrected chi connectivity index (χ4v) is 2.37. The number of rotatable bonds is 5. The molecule has 0 spiro atoms. The van der Waals surface area contributed by atoms with E-state index >= 15 is 0 Å². The van der Waals surface area contributed by atoms with Gasteiger partial charge in [-0.1, -0.05) is 0 Å². The van der Waals surface area contributed by atoms with Crippen molar-refractivity contribution in [3.8, 4) is 11.5 Å². The Morgan fingerprint density at radius 2 is 2.37 bits per heavy atom. The molecule has 0 aliphatic carbocycles. The van der Waals surface area contributed by atoms with Gasteiger partial charge in [0.25, 0.3) is 0 Å². The Kier molecular flexibility index (Phi) is 3.95. The molecule has 1 heterocycles. The molecule has 0 saturated carbocycles. The molecule has 19 heavy (non-hydrogen) atoms. The van der Waals surface area contributed by atoms with Crippen LogP contribution in [0.3, 0.4) is 0 Å². The monoisotopic (exact) mass is 265 g/mol. The summed E-state index contributed by atoms with van der Waals surface area (Å²) in [6.45, 7) is 2.11. The van der Waals surface area contributed by atoms with Crippen LogP contribution in [-0.2, 0) is 17.6 Å². The van der Waals surface area contributed by atoms with E-state index in [9.17, 15) is 4.79 Å². The minimum atomic E-state index is -0.890. The molecule has 1 aromatic carbocycles. The lowest BCUT2D eigenvalue weighted by molar-refractivity contribution is -0.141. The third-order valence-corrected chi connectivity index (χ3v) is 3.40. The summed E-state index contributed by atoms with van der Waals surface area (Å²) in [5.41, 5.74) is 7.43. The highest BCUT2D eigenvalue weighted by Crippen LogP contribution is 2.35. The maximum atomic E-state index is 11.1. The van der Waals surface area contributed by atoms with Gasteiger partial charge in [0.05, 0.1) is 13.0 Å². The number of hydrogen-bond donors (Lipinski definition) is 2. The van der Waals surface area contributed by atoms with E-state index in [-0.39, 0.29) is 12.6 Å².